The van der Waals surface area contributed by atoms with Gasteiger partial charge in [-0.15, -0.1) is 0 Å². The van der Waals surface area contributed by atoms with E-state index in [0.29, 0.717) is 18.0 Å². The average Bonchev–Trinajstić information content (AvgIpc) is 3.08. The number of amides is 1. The van der Waals surface area contributed by atoms with Crippen molar-refractivity contribution in [2.24, 2.45) is 0 Å². The highest BCUT2D eigenvalue weighted by Crippen LogP contribution is 2.40. The largest absolute Gasteiger partial charge is 0.497 e. The monoisotopic (exact) mass is 389 g/mol. The van der Waals surface area contributed by atoms with Crippen LogP contribution in [0.3, 0.4) is 0 Å². The van der Waals surface area contributed by atoms with Crippen molar-refractivity contribution in [3.63, 3.8) is 0 Å². The molecule has 5 heteroatoms. The standard InChI is InChI=1S/C24H27N3O2/c1-16(2)20-8-5-6-9-21(20)22-17(3)25-27-15-7-14-26(23(22)27)24(28)18-10-12-19(29-4)13-11-18/h5-6,8-13,16H,7,14-15H2,1-4H3. The maximum atomic E-state index is 13.4. The number of methoxy groups -OCH3 is 1. The van der Waals surface area contributed by atoms with Gasteiger partial charge in [0.15, 0.2) is 0 Å². The van der Waals surface area contributed by atoms with E-state index in [1.807, 2.05) is 40.8 Å². The third-order valence-electron chi connectivity index (χ3n) is 5.54. The maximum Gasteiger partial charge on any atom is 0.259 e. The second kappa shape index (κ2) is 7.74. The molecule has 2 heterocycles. The van der Waals surface area contributed by atoms with Crippen molar-refractivity contribution in [3.05, 3.63) is 65.4 Å². The zero-order chi connectivity index (χ0) is 20.5. The molecule has 0 aliphatic carbocycles. The van der Waals surface area contributed by atoms with Crippen LogP contribution in [0, 0.1) is 6.92 Å². The lowest BCUT2D eigenvalue weighted by Gasteiger charge is -2.29. The minimum Gasteiger partial charge on any atom is -0.497 e. The lowest BCUT2D eigenvalue weighted by molar-refractivity contribution is 0.0981. The van der Waals surface area contributed by atoms with E-state index in [9.17, 15) is 4.79 Å². The number of hydrogen-bond donors (Lipinski definition) is 0. The first-order chi connectivity index (χ1) is 14.0. The Morgan fingerprint density at radius 2 is 1.79 bits per heavy atom. The summed E-state index contributed by atoms with van der Waals surface area (Å²) in [6.45, 7) is 7.95. The zero-order valence-electron chi connectivity index (χ0n) is 17.5. The number of anilines is 1. The number of carbonyl (C=O) groups is 1. The Hall–Kier alpha value is -3.08. The van der Waals surface area contributed by atoms with E-state index in [2.05, 4.69) is 38.1 Å². The second-order valence-corrected chi connectivity index (χ2v) is 7.79. The van der Waals surface area contributed by atoms with Gasteiger partial charge in [-0.2, -0.15) is 5.10 Å². The van der Waals surface area contributed by atoms with Crippen molar-refractivity contribution in [1.82, 2.24) is 9.78 Å². The summed E-state index contributed by atoms with van der Waals surface area (Å²) in [5.41, 5.74) is 5.11. The molecule has 29 heavy (non-hydrogen) atoms. The lowest BCUT2D eigenvalue weighted by Crippen LogP contribution is -2.37. The van der Waals surface area contributed by atoms with E-state index in [1.54, 1.807) is 7.11 Å². The van der Waals surface area contributed by atoms with Gasteiger partial charge in [0.25, 0.3) is 5.91 Å². The minimum atomic E-state index is -0.00298. The Morgan fingerprint density at radius 3 is 2.48 bits per heavy atom. The number of benzene rings is 2. The molecule has 0 unspecified atom stereocenters. The summed E-state index contributed by atoms with van der Waals surface area (Å²) in [5, 5.41) is 4.78. The highest BCUT2D eigenvalue weighted by atomic mass is 16.5. The Balaban J connectivity index is 1.83. The molecule has 1 aliphatic heterocycles. The Kier molecular flexibility index (Phi) is 5.14. The first-order valence-corrected chi connectivity index (χ1v) is 10.1. The van der Waals surface area contributed by atoms with Crippen LogP contribution in [0.1, 0.15) is 47.8 Å². The topological polar surface area (TPSA) is 47.4 Å². The Labute approximate surface area is 171 Å². The van der Waals surface area contributed by atoms with Crippen LogP contribution in [0.5, 0.6) is 5.75 Å². The Bertz CT molecular complexity index is 1030. The second-order valence-electron chi connectivity index (χ2n) is 7.79. The van der Waals surface area contributed by atoms with E-state index in [1.165, 1.54) is 5.56 Å². The fraction of sp³-hybridized carbons (Fsp3) is 0.333. The van der Waals surface area contributed by atoms with E-state index in [4.69, 9.17) is 9.84 Å². The predicted octanol–water partition coefficient (Wildman–Crippen LogP) is 5.04. The van der Waals surface area contributed by atoms with Gasteiger partial charge in [-0.1, -0.05) is 38.1 Å². The third kappa shape index (κ3) is 3.41. The maximum absolute atomic E-state index is 13.4. The molecule has 0 atom stereocenters. The molecule has 0 bridgehead atoms. The molecule has 150 valence electrons. The van der Waals surface area contributed by atoms with Gasteiger partial charge < -0.3 is 4.74 Å². The molecular weight excluding hydrogens is 362 g/mol. The van der Waals surface area contributed by atoms with E-state index in [-0.39, 0.29) is 5.91 Å². The fourth-order valence-electron chi connectivity index (χ4n) is 4.11. The van der Waals surface area contributed by atoms with E-state index >= 15 is 0 Å². The number of nitrogens with zero attached hydrogens (tertiary/aromatic N) is 3. The number of aryl methyl sites for hydroxylation is 2. The summed E-state index contributed by atoms with van der Waals surface area (Å²) in [4.78, 5) is 15.3. The summed E-state index contributed by atoms with van der Waals surface area (Å²) >= 11 is 0. The average molecular weight is 389 g/mol. The van der Waals surface area contributed by atoms with Gasteiger partial charge >= 0.3 is 0 Å². The molecule has 2 aromatic carbocycles. The first kappa shape index (κ1) is 19.2. The van der Waals surface area contributed by atoms with Crippen LogP contribution in [-0.4, -0.2) is 29.3 Å². The number of hydrogen-bond acceptors (Lipinski definition) is 3. The summed E-state index contributed by atoms with van der Waals surface area (Å²) in [7, 11) is 1.63. The third-order valence-corrected chi connectivity index (χ3v) is 5.54. The highest BCUT2D eigenvalue weighted by Gasteiger charge is 2.30. The molecule has 1 aliphatic rings. The molecule has 0 radical (unpaired) electrons. The lowest BCUT2D eigenvalue weighted by atomic mass is 9.92. The van der Waals surface area contributed by atoms with Crippen LogP contribution >= 0.6 is 0 Å². The van der Waals surface area contributed by atoms with Gasteiger partial charge in [0.2, 0.25) is 0 Å². The fourth-order valence-corrected chi connectivity index (χ4v) is 4.11. The van der Waals surface area contributed by atoms with Crippen LogP contribution < -0.4 is 9.64 Å². The van der Waals surface area contributed by atoms with Gasteiger partial charge in [-0.05, 0) is 54.7 Å². The predicted molar refractivity (Wildman–Crippen MR) is 116 cm³/mol. The van der Waals surface area contributed by atoms with Gasteiger partial charge in [-0.3, -0.25) is 9.69 Å². The van der Waals surface area contributed by atoms with Crippen molar-refractivity contribution in [3.8, 4) is 16.9 Å². The van der Waals surface area contributed by atoms with Crippen molar-refractivity contribution >= 4 is 11.7 Å². The van der Waals surface area contributed by atoms with Crippen molar-refractivity contribution in [1.29, 1.82) is 0 Å². The highest BCUT2D eigenvalue weighted by molar-refractivity contribution is 6.08. The molecular formula is C24H27N3O2. The molecule has 1 aromatic heterocycles. The van der Waals surface area contributed by atoms with Gasteiger partial charge in [0.05, 0.1) is 12.8 Å². The van der Waals surface area contributed by atoms with Gasteiger partial charge in [0.1, 0.15) is 11.6 Å². The molecule has 0 saturated heterocycles. The number of rotatable bonds is 4. The molecule has 0 fully saturated rings. The van der Waals surface area contributed by atoms with Crippen molar-refractivity contribution in [2.75, 3.05) is 18.6 Å². The number of fused-ring (bicyclic) bond motifs is 1. The van der Waals surface area contributed by atoms with Crippen molar-refractivity contribution in [2.45, 2.75) is 39.7 Å². The van der Waals surface area contributed by atoms with Crippen molar-refractivity contribution < 1.29 is 9.53 Å². The molecule has 1 amide bonds. The van der Waals surface area contributed by atoms with E-state index in [0.717, 1.165) is 41.4 Å². The van der Waals surface area contributed by atoms with Crippen LogP contribution in [0.4, 0.5) is 5.82 Å². The Morgan fingerprint density at radius 1 is 1.07 bits per heavy atom. The molecule has 3 aromatic rings. The number of aromatic nitrogens is 2. The number of ether oxygens (including phenoxy) is 1. The van der Waals surface area contributed by atoms with Gasteiger partial charge in [-0.25, -0.2) is 4.68 Å². The SMILES string of the molecule is COc1ccc(C(=O)N2CCCn3nc(C)c(-c4ccccc4C(C)C)c32)cc1. The summed E-state index contributed by atoms with van der Waals surface area (Å²) in [6.07, 6.45) is 0.890. The summed E-state index contributed by atoms with van der Waals surface area (Å²) in [5.74, 6) is 2.03. The molecule has 0 N–H and O–H groups in total. The summed E-state index contributed by atoms with van der Waals surface area (Å²) in [6, 6.07) is 15.7. The zero-order valence-corrected chi connectivity index (χ0v) is 17.5. The minimum absolute atomic E-state index is 0.00298. The molecule has 0 saturated carbocycles. The quantitative estimate of drug-likeness (QED) is 0.628. The summed E-state index contributed by atoms with van der Waals surface area (Å²) < 4.78 is 7.22. The van der Waals surface area contributed by atoms with Crippen LogP contribution in [0.15, 0.2) is 48.5 Å². The van der Waals surface area contributed by atoms with Crippen LogP contribution in [0.25, 0.3) is 11.1 Å². The molecule has 0 spiro atoms. The van der Waals surface area contributed by atoms with Crippen LogP contribution in [0.2, 0.25) is 0 Å². The normalized spacial score (nSPS) is 13.5. The van der Waals surface area contributed by atoms with Crippen LogP contribution in [-0.2, 0) is 6.54 Å². The van der Waals surface area contributed by atoms with Gasteiger partial charge in [0, 0.05) is 24.2 Å². The molecule has 5 nitrogen and oxygen atoms in total. The number of carbonyl (C=O) groups excluding carboxylic acids is 1. The smallest absolute Gasteiger partial charge is 0.259 e. The first-order valence-electron chi connectivity index (χ1n) is 10.1. The van der Waals surface area contributed by atoms with E-state index < -0.39 is 0 Å². The molecule has 4 rings (SSSR count).